The zero-order valence-corrected chi connectivity index (χ0v) is 9.37. The van der Waals surface area contributed by atoms with Gasteiger partial charge in [-0.2, -0.15) is 5.10 Å². The summed E-state index contributed by atoms with van der Waals surface area (Å²) in [5.74, 6) is 0. The summed E-state index contributed by atoms with van der Waals surface area (Å²) in [6, 6.07) is 0. The standard InChI is InChI=1S/C8H14N4O2S/c1-10-15(9,13)8-5-11-12-3-2-4-14-6-7(8)12/h5H,2-4,6H2,1H3,(H2,9,10,13). The maximum atomic E-state index is 11.9. The molecule has 1 unspecified atom stereocenters. The quantitative estimate of drug-likeness (QED) is 0.744. The highest BCUT2D eigenvalue weighted by molar-refractivity contribution is 7.91. The summed E-state index contributed by atoms with van der Waals surface area (Å²) in [5.41, 5.74) is 0.783. The largest absolute Gasteiger partial charge is 0.375 e. The molecule has 0 bridgehead atoms. The first-order valence-corrected chi connectivity index (χ1v) is 6.28. The van der Waals surface area contributed by atoms with Crippen molar-refractivity contribution in [3.63, 3.8) is 0 Å². The van der Waals surface area contributed by atoms with E-state index in [1.54, 1.807) is 4.68 Å². The molecule has 0 amide bonds. The van der Waals surface area contributed by atoms with Crippen molar-refractivity contribution in [3.05, 3.63) is 11.9 Å². The van der Waals surface area contributed by atoms with Gasteiger partial charge in [-0.05, 0) is 6.42 Å². The van der Waals surface area contributed by atoms with Gasteiger partial charge in [0.25, 0.3) is 0 Å². The molecule has 1 aliphatic rings. The minimum Gasteiger partial charge on any atom is -0.375 e. The van der Waals surface area contributed by atoms with Crippen LogP contribution >= 0.6 is 0 Å². The fourth-order valence-corrected chi connectivity index (χ4v) is 2.46. The summed E-state index contributed by atoms with van der Waals surface area (Å²) in [5, 5.41) is 9.76. The first-order valence-electron chi connectivity index (χ1n) is 4.70. The molecule has 6 nitrogen and oxygen atoms in total. The number of hydrogen-bond acceptors (Lipinski definition) is 4. The second-order valence-electron chi connectivity index (χ2n) is 3.34. The molecule has 2 rings (SSSR count). The lowest BCUT2D eigenvalue weighted by Crippen LogP contribution is -2.14. The molecule has 0 fully saturated rings. The normalized spacial score (nSPS) is 20.1. The molecule has 0 saturated carbocycles. The molecule has 2 N–H and O–H groups in total. The van der Waals surface area contributed by atoms with Gasteiger partial charge in [0.2, 0.25) is 0 Å². The average molecular weight is 230 g/mol. The van der Waals surface area contributed by atoms with Crippen molar-refractivity contribution in [1.82, 2.24) is 9.78 Å². The van der Waals surface area contributed by atoms with Crippen molar-refractivity contribution in [3.8, 4) is 0 Å². The second-order valence-corrected chi connectivity index (χ2v) is 5.28. The smallest absolute Gasteiger partial charge is 0.137 e. The lowest BCUT2D eigenvalue weighted by Gasteiger charge is -2.05. The number of rotatable bonds is 1. The Bertz CT molecular complexity index is 473. The van der Waals surface area contributed by atoms with E-state index in [4.69, 9.17) is 9.88 Å². The van der Waals surface area contributed by atoms with Gasteiger partial charge in [0, 0.05) is 20.2 Å². The van der Waals surface area contributed by atoms with E-state index in [-0.39, 0.29) is 0 Å². The van der Waals surface area contributed by atoms with Gasteiger partial charge in [-0.1, -0.05) is 0 Å². The molecule has 0 saturated heterocycles. The summed E-state index contributed by atoms with van der Waals surface area (Å²) < 4.78 is 22.8. The third-order valence-corrected chi connectivity index (χ3v) is 3.91. The van der Waals surface area contributed by atoms with Gasteiger partial charge in [-0.25, -0.2) is 13.7 Å². The van der Waals surface area contributed by atoms with E-state index in [1.165, 1.54) is 13.2 Å². The van der Waals surface area contributed by atoms with Crippen molar-refractivity contribution < 1.29 is 8.95 Å². The third-order valence-electron chi connectivity index (χ3n) is 2.39. The molecule has 0 aromatic carbocycles. The van der Waals surface area contributed by atoms with E-state index in [9.17, 15) is 4.21 Å². The highest BCUT2D eigenvalue weighted by atomic mass is 32.2. The SMILES string of the molecule is CN=S(N)(=O)c1cnn2c1COCCC2. The number of nitrogens with zero attached hydrogens (tertiary/aromatic N) is 3. The van der Waals surface area contributed by atoms with Gasteiger partial charge in [0.05, 0.1) is 18.5 Å². The van der Waals surface area contributed by atoms with Crippen LogP contribution in [0.1, 0.15) is 12.1 Å². The number of hydrogen-bond donors (Lipinski definition) is 1. The van der Waals surface area contributed by atoms with E-state index >= 15 is 0 Å². The van der Waals surface area contributed by atoms with Crippen LogP contribution in [0.15, 0.2) is 15.5 Å². The molecule has 1 aromatic rings. The van der Waals surface area contributed by atoms with Crippen LogP contribution < -0.4 is 5.14 Å². The predicted octanol–water partition coefficient (Wildman–Crippen LogP) is 0.134. The predicted molar refractivity (Wildman–Crippen MR) is 55.4 cm³/mol. The summed E-state index contributed by atoms with van der Waals surface area (Å²) in [6.45, 7) is 1.87. The van der Waals surface area contributed by atoms with Gasteiger partial charge >= 0.3 is 0 Å². The van der Waals surface area contributed by atoms with Crippen molar-refractivity contribution in [2.45, 2.75) is 24.5 Å². The molecule has 0 aliphatic carbocycles. The average Bonchev–Trinajstić information content (AvgIpc) is 2.49. The number of fused-ring (bicyclic) bond motifs is 1. The third kappa shape index (κ3) is 1.90. The van der Waals surface area contributed by atoms with Gasteiger partial charge in [-0.3, -0.25) is 4.68 Å². The van der Waals surface area contributed by atoms with Gasteiger partial charge in [-0.15, -0.1) is 0 Å². The lowest BCUT2D eigenvalue weighted by molar-refractivity contribution is 0.123. The molecule has 15 heavy (non-hydrogen) atoms. The fraction of sp³-hybridized carbons (Fsp3) is 0.625. The summed E-state index contributed by atoms with van der Waals surface area (Å²) in [6.07, 6.45) is 2.43. The molecule has 0 spiro atoms. The number of aryl methyl sites for hydroxylation is 1. The Hall–Kier alpha value is -0.920. The lowest BCUT2D eigenvalue weighted by atomic mass is 10.4. The maximum absolute atomic E-state index is 11.9. The van der Waals surface area contributed by atoms with Gasteiger partial charge in [0.15, 0.2) is 0 Å². The molecule has 1 atom stereocenters. The van der Waals surface area contributed by atoms with Gasteiger partial charge < -0.3 is 4.74 Å². The Morgan fingerprint density at radius 2 is 2.53 bits per heavy atom. The minimum absolute atomic E-state index is 0.402. The minimum atomic E-state index is -2.80. The van der Waals surface area contributed by atoms with Gasteiger partial charge in [0.1, 0.15) is 14.8 Å². The van der Waals surface area contributed by atoms with E-state index in [1.807, 2.05) is 0 Å². The molecular weight excluding hydrogens is 216 g/mol. The van der Waals surface area contributed by atoms with Crippen LogP contribution in [0, 0.1) is 0 Å². The van der Waals surface area contributed by atoms with E-state index in [0.717, 1.165) is 18.7 Å². The van der Waals surface area contributed by atoms with Crippen LogP contribution in [0.4, 0.5) is 0 Å². The van der Waals surface area contributed by atoms with Crippen molar-refractivity contribution in [2.24, 2.45) is 9.50 Å². The number of aromatic nitrogens is 2. The van der Waals surface area contributed by atoms with Crippen molar-refractivity contribution in [1.29, 1.82) is 0 Å². The molecule has 84 valence electrons. The van der Waals surface area contributed by atoms with Crippen molar-refractivity contribution in [2.75, 3.05) is 13.7 Å². The topological polar surface area (TPSA) is 82.5 Å². The molecule has 0 radical (unpaired) electrons. The summed E-state index contributed by atoms with van der Waals surface area (Å²) in [7, 11) is -1.35. The van der Waals surface area contributed by atoms with Crippen LogP contribution in [-0.2, 0) is 27.8 Å². The van der Waals surface area contributed by atoms with E-state index in [0.29, 0.717) is 18.1 Å². The van der Waals surface area contributed by atoms with E-state index in [2.05, 4.69) is 9.46 Å². The molecule has 2 heterocycles. The zero-order chi connectivity index (χ0) is 10.9. The fourth-order valence-electron chi connectivity index (χ4n) is 1.56. The second kappa shape index (κ2) is 3.92. The Morgan fingerprint density at radius 1 is 1.73 bits per heavy atom. The Morgan fingerprint density at radius 3 is 3.27 bits per heavy atom. The van der Waals surface area contributed by atoms with Crippen molar-refractivity contribution >= 4 is 9.92 Å². The Kier molecular flexibility index (Phi) is 2.76. The first kappa shape index (κ1) is 10.6. The summed E-state index contributed by atoms with van der Waals surface area (Å²) in [4.78, 5) is 0.493. The monoisotopic (exact) mass is 230 g/mol. The van der Waals surface area contributed by atoms with Crippen LogP contribution in [0.2, 0.25) is 0 Å². The number of nitrogens with two attached hydrogens (primary N) is 1. The van der Waals surface area contributed by atoms with Crippen LogP contribution in [0.3, 0.4) is 0 Å². The molecular formula is C8H14N4O2S. The Balaban J connectivity index is 2.52. The highest BCUT2D eigenvalue weighted by Gasteiger charge is 2.19. The molecule has 1 aliphatic heterocycles. The maximum Gasteiger partial charge on any atom is 0.137 e. The van der Waals surface area contributed by atoms with Crippen LogP contribution in [0.25, 0.3) is 0 Å². The number of ether oxygens (including phenoxy) is 1. The highest BCUT2D eigenvalue weighted by Crippen LogP contribution is 2.18. The van der Waals surface area contributed by atoms with Crippen LogP contribution in [0.5, 0.6) is 0 Å². The Labute approximate surface area is 88.7 Å². The van der Waals surface area contributed by atoms with Crippen LogP contribution in [-0.4, -0.2) is 27.6 Å². The summed E-state index contributed by atoms with van der Waals surface area (Å²) >= 11 is 0. The van der Waals surface area contributed by atoms with E-state index < -0.39 is 9.92 Å². The first-order chi connectivity index (χ1) is 7.15. The molecule has 7 heteroatoms. The molecule has 1 aromatic heterocycles. The zero-order valence-electron chi connectivity index (χ0n) is 8.55.